The molecule has 0 bridgehead atoms. The molecule has 188 valence electrons. The number of anilines is 1. The molecule has 1 aliphatic heterocycles. The number of benzene rings is 1. The van der Waals surface area contributed by atoms with E-state index in [1.54, 1.807) is 12.1 Å². The molecular formula is C27H25F2N7O. The predicted octanol–water partition coefficient (Wildman–Crippen LogP) is 3.81. The van der Waals surface area contributed by atoms with Crippen LogP contribution in [0.4, 0.5) is 14.7 Å². The number of halogens is 2. The van der Waals surface area contributed by atoms with Crippen molar-refractivity contribution in [3.63, 3.8) is 0 Å². The van der Waals surface area contributed by atoms with Gasteiger partial charge in [-0.15, -0.1) is 0 Å². The topological polar surface area (TPSA) is 117 Å². The molecule has 4 N–H and O–H groups in total. The quantitative estimate of drug-likeness (QED) is 0.385. The van der Waals surface area contributed by atoms with Crippen molar-refractivity contribution in [2.45, 2.75) is 37.6 Å². The van der Waals surface area contributed by atoms with Gasteiger partial charge in [-0.2, -0.15) is 18.9 Å². The molecule has 0 saturated carbocycles. The van der Waals surface area contributed by atoms with Crippen molar-refractivity contribution in [2.24, 2.45) is 11.1 Å². The van der Waals surface area contributed by atoms with Crippen molar-refractivity contribution in [3.8, 4) is 0 Å². The Kier molecular flexibility index (Phi) is 4.69. The van der Waals surface area contributed by atoms with Gasteiger partial charge in [0.2, 0.25) is 5.95 Å². The number of aromatic amines is 2. The fourth-order valence-corrected chi connectivity index (χ4v) is 6.32. The van der Waals surface area contributed by atoms with Crippen LogP contribution in [0.2, 0.25) is 0 Å². The Balaban J connectivity index is 1.19. The molecule has 1 aromatic carbocycles. The van der Waals surface area contributed by atoms with Crippen molar-refractivity contribution in [1.82, 2.24) is 25.1 Å². The second-order valence-corrected chi connectivity index (χ2v) is 10.3. The summed E-state index contributed by atoms with van der Waals surface area (Å²) < 4.78 is 28.9. The van der Waals surface area contributed by atoms with E-state index in [9.17, 15) is 13.6 Å². The Hall–Kier alpha value is -3.92. The molecule has 7 rings (SSSR count). The SMILES string of the molecule is N[C@@H]1c2ccccc2CC12CCN(c1nc3[nH]nc(C4=CCC(F)(F)c5ncccc54)c3c(=O)[nH]1)CC2. The van der Waals surface area contributed by atoms with E-state index in [1.165, 1.54) is 23.4 Å². The van der Waals surface area contributed by atoms with Gasteiger partial charge in [0, 0.05) is 42.9 Å². The second-order valence-electron chi connectivity index (χ2n) is 10.3. The number of hydrogen-bond donors (Lipinski definition) is 3. The lowest BCUT2D eigenvalue weighted by Crippen LogP contribution is -2.45. The number of pyridine rings is 1. The van der Waals surface area contributed by atoms with Crippen LogP contribution in [0.1, 0.15) is 53.4 Å². The van der Waals surface area contributed by atoms with E-state index in [-0.39, 0.29) is 33.7 Å². The Morgan fingerprint density at radius 3 is 2.73 bits per heavy atom. The fourth-order valence-electron chi connectivity index (χ4n) is 6.32. The third kappa shape index (κ3) is 3.28. The van der Waals surface area contributed by atoms with E-state index in [0.29, 0.717) is 22.9 Å². The normalized spacial score (nSPS) is 21.6. The summed E-state index contributed by atoms with van der Waals surface area (Å²) in [5.41, 5.74) is 9.95. The van der Waals surface area contributed by atoms with E-state index in [4.69, 9.17) is 5.73 Å². The Morgan fingerprint density at radius 2 is 1.92 bits per heavy atom. The summed E-state index contributed by atoms with van der Waals surface area (Å²) in [6, 6.07) is 11.6. The van der Waals surface area contributed by atoms with Crippen LogP contribution in [0, 0.1) is 5.41 Å². The molecule has 4 aromatic rings. The maximum atomic E-state index is 14.4. The van der Waals surface area contributed by atoms with Gasteiger partial charge in [0.15, 0.2) is 5.65 Å². The fraction of sp³-hybridized carbons (Fsp3) is 0.333. The molecule has 2 aliphatic carbocycles. The van der Waals surface area contributed by atoms with E-state index < -0.39 is 12.3 Å². The summed E-state index contributed by atoms with van der Waals surface area (Å²) in [4.78, 5) is 26.8. The molecule has 37 heavy (non-hydrogen) atoms. The first-order chi connectivity index (χ1) is 17.9. The molecule has 3 aromatic heterocycles. The average molecular weight is 502 g/mol. The number of nitrogens with two attached hydrogens (primary N) is 1. The lowest BCUT2D eigenvalue weighted by atomic mass is 9.73. The number of rotatable bonds is 2. The number of fused-ring (bicyclic) bond motifs is 3. The largest absolute Gasteiger partial charge is 0.342 e. The van der Waals surface area contributed by atoms with Crippen LogP contribution in [0.5, 0.6) is 0 Å². The highest BCUT2D eigenvalue weighted by atomic mass is 19.3. The molecule has 0 unspecified atom stereocenters. The van der Waals surface area contributed by atoms with Gasteiger partial charge < -0.3 is 10.6 Å². The number of aromatic nitrogens is 5. The van der Waals surface area contributed by atoms with Crippen molar-refractivity contribution in [2.75, 3.05) is 18.0 Å². The summed E-state index contributed by atoms with van der Waals surface area (Å²) in [6.45, 7) is 1.44. The van der Waals surface area contributed by atoms with Crippen molar-refractivity contribution >= 4 is 22.6 Å². The van der Waals surface area contributed by atoms with E-state index >= 15 is 0 Å². The summed E-state index contributed by atoms with van der Waals surface area (Å²) in [5.74, 6) is -2.60. The first-order valence-corrected chi connectivity index (χ1v) is 12.5. The number of alkyl halides is 2. The van der Waals surface area contributed by atoms with Gasteiger partial charge in [-0.3, -0.25) is 19.9 Å². The van der Waals surface area contributed by atoms with Gasteiger partial charge in [0.25, 0.3) is 11.5 Å². The van der Waals surface area contributed by atoms with Crippen molar-refractivity contribution < 1.29 is 8.78 Å². The predicted molar refractivity (Wildman–Crippen MR) is 135 cm³/mol. The maximum Gasteiger partial charge on any atom is 0.293 e. The maximum absolute atomic E-state index is 14.4. The van der Waals surface area contributed by atoms with E-state index in [2.05, 4.69) is 48.2 Å². The molecule has 1 fully saturated rings. The second kappa shape index (κ2) is 7.79. The monoisotopic (exact) mass is 501 g/mol. The molecular weight excluding hydrogens is 476 g/mol. The van der Waals surface area contributed by atoms with Crippen molar-refractivity contribution in [3.05, 3.63) is 87.1 Å². The van der Waals surface area contributed by atoms with Crippen LogP contribution in [-0.2, 0) is 12.3 Å². The minimum atomic E-state index is -3.07. The van der Waals surface area contributed by atoms with Gasteiger partial charge in [0.05, 0.1) is 0 Å². The summed E-state index contributed by atoms with van der Waals surface area (Å²) in [6.07, 6.45) is 5.01. The molecule has 1 atom stereocenters. The summed E-state index contributed by atoms with van der Waals surface area (Å²) in [7, 11) is 0. The number of piperidine rings is 1. The first kappa shape index (κ1) is 22.3. The first-order valence-electron chi connectivity index (χ1n) is 12.5. The van der Waals surface area contributed by atoms with Crippen molar-refractivity contribution in [1.29, 1.82) is 0 Å². The number of allylic oxidation sites excluding steroid dienone is 1. The minimum Gasteiger partial charge on any atom is -0.342 e. The molecule has 10 heteroatoms. The van der Waals surface area contributed by atoms with Crippen LogP contribution in [0.15, 0.2) is 53.5 Å². The van der Waals surface area contributed by atoms with Crippen LogP contribution >= 0.6 is 0 Å². The molecule has 3 aliphatic rings. The summed E-state index contributed by atoms with van der Waals surface area (Å²) >= 11 is 0. The lowest BCUT2D eigenvalue weighted by molar-refractivity contribution is -0.00708. The number of H-pyrrole nitrogens is 2. The van der Waals surface area contributed by atoms with Gasteiger partial charge in [-0.25, -0.2) is 0 Å². The number of nitrogens with one attached hydrogen (secondary N) is 2. The molecule has 0 amide bonds. The molecule has 1 spiro atoms. The zero-order chi connectivity index (χ0) is 25.4. The highest BCUT2D eigenvalue weighted by Gasteiger charge is 2.46. The van der Waals surface area contributed by atoms with Crippen LogP contribution in [-0.4, -0.2) is 38.2 Å². The average Bonchev–Trinajstić information content (AvgIpc) is 3.44. The van der Waals surface area contributed by atoms with Crippen LogP contribution < -0.4 is 16.2 Å². The zero-order valence-electron chi connectivity index (χ0n) is 20.0. The third-order valence-electron chi connectivity index (χ3n) is 8.33. The Morgan fingerprint density at radius 1 is 1.11 bits per heavy atom. The number of hydrogen-bond acceptors (Lipinski definition) is 6. The van der Waals surface area contributed by atoms with E-state index in [1.807, 2.05) is 6.07 Å². The number of nitrogens with zero attached hydrogens (tertiary/aromatic N) is 4. The van der Waals surface area contributed by atoms with Gasteiger partial charge in [-0.1, -0.05) is 36.4 Å². The Labute approximate surface area is 210 Å². The van der Waals surface area contributed by atoms with Crippen LogP contribution in [0.25, 0.3) is 16.6 Å². The zero-order valence-corrected chi connectivity index (χ0v) is 20.0. The molecule has 4 heterocycles. The smallest absolute Gasteiger partial charge is 0.293 e. The van der Waals surface area contributed by atoms with E-state index in [0.717, 1.165) is 32.4 Å². The molecule has 8 nitrogen and oxygen atoms in total. The Bertz CT molecular complexity index is 1630. The van der Waals surface area contributed by atoms with Gasteiger partial charge >= 0.3 is 0 Å². The summed E-state index contributed by atoms with van der Waals surface area (Å²) in [5, 5.41) is 7.42. The van der Waals surface area contributed by atoms with Gasteiger partial charge in [-0.05, 0) is 41.9 Å². The lowest BCUT2D eigenvalue weighted by Gasteiger charge is -2.42. The minimum absolute atomic E-state index is 0.00372. The standard InChI is InChI=1S/C27H25F2N7O/c28-27(29)8-7-17(18-6-3-11-31-22(18)27)20-19-23(35-34-20)32-25(33-24(19)37)36-12-9-26(10-13-36)14-15-4-1-2-5-16(15)21(26)30/h1-7,11,21H,8-10,12-14,30H2,(H2,32,33,34,35,37)/t21-/m1/s1. The highest BCUT2D eigenvalue weighted by Crippen LogP contribution is 2.51. The van der Waals surface area contributed by atoms with Gasteiger partial charge in [0.1, 0.15) is 16.8 Å². The highest BCUT2D eigenvalue weighted by molar-refractivity contribution is 5.94. The molecule has 0 radical (unpaired) electrons. The molecule has 1 saturated heterocycles. The third-order valence-corrected chi connectivity index (χ3v) is 8.33. The van der Waals surface area contributed by atoms with Crippen LogP contribution in [0.3, 0.4) is 0 Å².